The summed E-state index contributed by atoms with van der Waals surface area (Å²) >= 11 is 0. The number of morpholine rings is 1. The number of rotatable bonds is 4. The zero-order valence-corrected chi connectivity index (χ0v) is 8.46. The third-order valence-electron chi connectivity index (χ3n) is 2.98. The van der Waals surface area contributed by atoms with E-state index in [2.05, 4.69) is 17.1 Å². The SMILES string of the molecule is CCN1CCOCC1CNC1CC1. The van der Waals surface area contributed by atoms with Gasteiger partial charge in [0.25, 0.3) is 0 Å². The second-order valence-electron chi connectivity index (χ2n) is 4.04. The molecule has 1 saturated carbocycles. The van der Waals surface area contributed by atoms with Gasteiger partial charge >= 0.3 is 0 Å². The summed E-state index contributed by atoms with van der Waals surface area (Å²) in [6.07, 6.45) is 2.75. The summed E-state index contributed by atoms with van der Waals surface area (Å²) in [6.45, 7) is 7.42. The second kappa shape index (κ2) is 4.40. The minimum absolute atomic E-state index is 0.611. The molecule has 2 rings (SSSR count). The molecule has 3 nitrogen and oxygen atoms in total. The van der Waals surface area contributed by atoms with Crippen LogP contribution in [0.1, 0.15) is 19.8 Å². The first-order chi connectivity index (χ1) is 6.40. The molecule has 0 radical (unpaired) electrons. The lowest BCUT2D eigenvalue weighted by molar-refractivity contribution is -0.00423. The second-order valence-corrected chi connectivity index (χ2v) is 4.04. The number of likely N-dealkylation sites (N-methyl/N-ethyl adjacent to an activating group) is 1. The van der Waals surface area contributed by atoms with Crippen molar-refractivity contribution in [3.05, 3.63) is 0 Å². The van der Waals surface area contributed by atoms with Crippen LogP contribution in [0, 0.1) is 0 Å². The van der Waals surface area contributed by atoms with Gasteiger partial charge in [-0.05, 0) is 19.4 Å². The molecular weight excluding hydrogens is 164 g/mol. The summed E-state index contributed by atoms with van der Waals surface area (Å²) in [5.74, 6) is 0. The van der Waals surface area contributed by atoms with Crippen LogP contribution in [-0.4, -0.2) is 49.8 Å². The van der Waals surface area contributed by atoms with Crippen LogP contribution in [0.15, 0.2) is 0 Å². The van der Waals surface area contributed by atoms with Crippen LogP contribution in [0.25, 0.3) is 0 Å². The van der Waals surface area contributed by atoms with E-state index in [4.69, 9.17) is 4.74 Å². The highest BCUT2D eigenvalue weighted by Gasteiger charge is 2.25. The Kier molecular flexibility index (Phi) is 3.19. The van der Waals surface area contributed by atoms with Gasteiger partial charge in [-0.3, -0.25) is 4.90 Å². The maximum absolute atomic E-state index is 5.49. The first-order valence-electron chi connectivity index (χ1n) is 5.45. The van der Waals surface area contributed by atoms with Crippen LogP contribution in [0.5, 0.6) is 0 Å². The van der Waals surface area contributed by atoms with Gasteiger partial charge in [-0.2, -0.15) is 0 Å². The highest BCUT2D eigenvalue weighted by Crippen LogP contribution is 2.19. The molecule has 1 saturated heterocycles. The Morgan fingerprint density at radius 1 is 1.46 bits per heavy atom. The highest BCUT2D eigenvalue weighted by molar-refractivity contribution is 4.85. The Hall–Kier alpha value is -0.120. The molecular formula is C10H20N2O. The maximum atomic E-state index is 5.49. The molecule has 1 aliphatic heterocycles. The average Bonchev–Trinajstić information content (AvgIpc) is 2.99. The van der Waals surface area contributed by atoms with Crippen LogP contribution in [0.3, 0.4) is 0 Å². The zero-order valence-electron chi connectivity index (χ0n) is 8.46. The maximum Gasteiger partial charge on any atom is 0.0634 e. The number of nitrogens with one attached hydrogen (secondary N) is 1. The fraction of sp³-hybridized carbons (Fsp3) is 1.00. The van der Waals surface area contributed by atoms with Gasteiger partial charge in [-0.15, -0.1) is 0 Å². The molecule has 1 heterocycles. The zero-order chi connectivity index (χ0) is 9.10. The molecule has 1 unspecified atom stereocenters. The van der Waals surface area contributed by atoms with E-state index in [0.717, 1.165) is 38.9 Å². The third-order valence-corrected chi connectivity index (χ3v) is 2.98. The number of hydrogen-bond donors (Lipinski definition) is 1. The molecule has 0 spiro atoms. The van der Waals surface area contributed by atoms with E-state index in [1.165, 1.54) is 12.8 Å². The average molecular weight is 184 g/mol. The van der Waals surface area contributed by atoms with Gasteiger partial charge < -0.3 is 10.1 Å². The molecule has 3 heteroatoms. The van der Waals surface area contributed by atoms with E-state index in [0.29, 0.717) is 6.04 Å². The van der Waals surface area contributed by atoms with Crippen molar-refractivity contribution < 1.29 is 4.74 Å². The van der Waals surface area contributed by atoms with E-state index in [9.17, 15) is 0 Å². The molecule has 2 fully saturated rings. The van der Waals surface area contributed by atoms with E-state index < -0.39 is 0 Å². The highest BCUT2D eigenvalue weighted by atomic mass is 16.5. The van der Waals surface area contributed by atoms with Gasteiger partial charge in [0.15, 0.2) is 0 Å². The van der Waals surface area contributed by atoms with Crippen LogP contribution >= 0.6 is 0 Å². The number of nitrogens with zero attached hydrogens (tertiary/aromatic N) is 1. The molecule has 2 aliphatic rings. The molecule has 1 aliphatic carbocycles. The fourth-order valence-electron chi connectivity index (χ4n) is 1.88. The van der Waals surface area contributed by atoms with Crippen molar-refractivity contribution in [3.8, 4) is 0 Å². The Labute approximate surface area is 80.4 Å². The van der Waals surface area contributed by atoms with Gasteiger partial charge in [-0.25, -0.2) is 0 Å². The Balaban J connectivity index is 1.72. The van der Waals surface area contributed by atoms with Crippen molar-refractivity contribution in [1.29, 1.82) is 0 Å². The minimum atomic E-state index is 0.611. The predicted octanol–water partition coefficient (Wildman–Crippen LogP) is 0.459. The summed E-state index contributed by atoms with van der Waals surface area (Å²) in [7, 11) is 0. The van der Waals surface area contributed by atoms with Crippen LogP contribution < -0.4 is 5.32 Å². The summed E-state index contributed by atoms with van der Waals surface area (Å²) in [4.78, 5) is 2.51. The van der Waals surface area contributed by atoms with E-state index >= 15 is 0 Å². The monoisotopic (exact) mass is 184 g/mol. The lowest BCUT2D eigenvalue weighted by Crippen LogP contribution is -2.50. The molecule has 0 bridgehead atoms. The first-order valence-corrected chi connectivity index (χ1v) is 5.45. The molecule has 13 heavy (non-hydrogen) atoms. The van der Waals surface area contributed by atoms with Crippen molar-refractivity contribution in [2.24, 2.45) is 0 Å². The Morgan fingerprint density at radius 3 is 3.00 bits per heavy atom. The van der Waals surface area contributed by atoms with Crippen molar-refractivity contribution >= 4 is 0 Å². The Morgan fingerprint density at radius 2 is 2.31 bits per heavy atom. The largest absolute Gasteiger partial charge is 0.378 e. The lowest BCUT2D eigenvalue weighted by Gasteiger charge is -2.34. The topological polar surface area (TPSA) is 24.5 Å². The van der Waals surface area contributed by atoms with Gasteiger partial charge in [-0.1, -0.05) is 6.92 Å². The lowest BCUT2D eigenvalue weighted by atomic mass is 10.2. The van der Waals surface area contributed by atoms with Crippen molar-refractivity contribution in [3.63, 3.8) is 0 Å². The quantitative estimate of drug-likeness (QED) is 0.687. The van der Waals surface area contributed by atoms with Crippen molar-refractivity contribution in [2.75, 3.05) is 32.8 Å². The minimum Gasteiger partial charge on any atom is -0.378 e. The van der Waals surface area contributed by atoms with E-state index in [1.807, 2.05) is 0 Å². The predicted molar refractivity (Wildman–Crippen MR) is 52.9 cm³/mol. The molecule has 0 aromatic rings. The van der Waals surface area contributed by atoms with Crippen molar-refractivity contribution in [1.82, 2.24) is 10.2 Å². The summed E-state index contributed by atoms with van der Waals surface area (Å²) in [5, 5.41) is 3.57. The molecule has 0 aromatic carbocycles. The van der Waals surface area contributed by atoms with Gasteiger partial charge in [0.2, 0.25) is 0 Å². The normalized spacial score (nSPS) is 30.7. The number of ether oxygens (including phenoxy) is 1. The smallest absolute Gasteiger partial charge is 0.0634 e. The Bertz CT molecular complexity index is 159. The van der Waals surface area contributed by atoms with E-state index in [-0.39, 0.29) is 0 Å². The molecule has 1 N–H and O–H groups in total. The van der Waals surface area contributed by atoms with E-state index in [1.54, 1.807) is 0 Å². The molecule has 76 valence electrons. The summed E-state index contributed by atoms with van der Waals surface area (Å²) in [5.41, 5.74) is 0. The summed E-state index contributed by atoms with van der Waals surface area (Å²) in [6, 6.07) is 1.43. The van der Waals surface area contributed by atoms with Crippen LogP contribution in [0.2, 0.25) is 0 Å². The summed E-state index contributed by atoms with van der Waals surface area (Å²) < 4.78 is 5.49. The standard InChI is InChI=1S/C10H20N2O/c1-2-12-5-6-13-8-10(12)7-11-9-3-4-9/h9-11H,2-8H2,1H3. The van der Waals surface area contributed by atoms with Crippen LogP contribution in [0.4, 0.5) is 0 Å². The van der Waals surface area contributed by atoms with Crippen LogP contribution in [-0.2, 0) is 4.74 Å². The van der Waals surface area contributed by atoms with Gasteiger partial charge in [0, 0.05) is 25.2 Å². The molecule has 1 atom stereocenters. The van der Waals surface area contributed by atoms with Gasteiger partial charge in [0.1, 0.15) is 0 Å². The van der Waals surface area contributed by atoms with Crippen molar-refractivity contribution in [2.45, 2.75) is 31.8 Å². The fourth-order valence-corrected chi connectivity index (χ4v) is 1.88. The van der Waals surface area contributed by atoms with Gasteiger partial charge in [0.05, 0.1) is 13.2 Å². The third kappa shape index (κ3) is 2.66. The molecule has 0 amide bonds. The first kappa shape index (κ1) is 9.44. The number of hydrogen-bond acceptors (Lipinski definition) is 3. The molecule has 0 aromatic heterocycles.